The van der Waals surface area contributed by atoms with E-state index >= 15 is 0 Å². The summed E-state index contributed by atoms with van der Waals surface area (Å²) in [5.41, 5.74) is -0.197. The Balaban J connectivity index is 2.21. The van der Waals surface area contributed by atoms with Crippen LogP contribution in [0.1, 0.15) is 56.8 Å². The van der Waals surface area contributed by atoms with Crippen LogP contribution in [0.5, 0.6) is 0 Å². The third-order valence-corrected chi connectivity index (χ3v) is 3.26. The molecule has 20 heavy (non-hydrogen) atoms. The van der Waals surface area contributed by atoms with Crippen LogP contribution in [0.3, 0.4) is 0 Å². The molecule has 0 amide bonds. The Morgan fingerprint density at radius 3 is 2.55 bits per heavy atom. The van der Waals surface area contributed by atoms with E-state index in [0.29, 0.717) is 12.5 Å². The summed E-state index contributed by atoms with van der Waals surface area (Å²) in [4.78, 5) is 22.4. The fourth-order valence-corrected chi connectivity index (χ4v) is 1.93. The summed E-state index contributed by atoms with van der Waals surface area (Å²) in [6.07, 6.45) is 5.62. The average Bonchev–Trinajstić information content (AvgIpc) is 2.39. The first kappa shape index (κ1) is 16.5. The monoisotopic (exact) mass is 280 g/mol. The molecule has 4 heteroatoms. The molecule has 4 nitrogen and oxygen atoms in total. The van der Waals surface area contributed by atoms with Crippen LogP contribution in [0.2, 0.25) is 0 Å². The van der Waals surface area contributed by atoms with Gasteiger partial charge in [0.25, 0.3) is 0 Å². The van der Waals surface area contributed by atoms with Gasteiger partial charge in [-0.25, -0.2) is 9.59 Å². The third kappa shape index (κ3) is 6.55. The molecule has 1 aromatic rings. The highest BCUT2D eigenvalue weighted by Gasteiger charge is 2.09. The molecule has 112 valence electrons. The van der Waals surface area contributed by atoms with Gasteiger partial charge in [-0.1, -0.05) is 40.0 Å². The molecule has 0 aromatic carbocycles. The lowest BCUT2D eigenvalue weighted by Gasteiger charge is -2.12. The Morgan fingerprint density at radius 2 is 1.95 bits per heavy atom. The molecule has 0 N–H and O–H groups in total. The zero-order chi connectivity index (χ0) is 15.0. The highest BCUT2D eigenvalue weighted by molar-refractivity contribution is 5.88. The fraction of sp³-hybridized carbons (Fsp3) is 0.625. The molecule has 0 radical (unpaired) electrons. The maximum Gasteiger partial charge on any atom is 0.341 e. The first-order valence-corrected chi connectivity index (χ1v) is 7.25. The van der Waals surface area contributed by atoms with Crippen LogP contribution >= 0.6 is 0 Å². The van der Waals surface area contributed by atoms with Crippen molar-refractivity contribution >= 4 is 5.97 Å². The highest BCUT2D eigenvalue weighted by atomic mass is 16.5. The topological polar surface area (TPSA) is 56.5 Å². The number of ether oxygens (including phenoxy) is 1. The van der Waals surface area contributed by atoms with E-state index in [1.807, 2.05) is 0 Å². The molecule has 0 saturated carbocycles. The van der Waals surface area contributed by atoms with Crippen molar-refractivity contribution in [1.29, 1.82) is 0 Å². The standard InChI is InChI=1S/C16H24O4/c1-12(2)5-4-6-13(3)9-10-19-16(18)14-7-8-15(17)20-11-14/h7-8,11-13H,4-6,9-10H2,1-3H3. The minimum absolute atomic E-state index is 0.275. The van der Waals surface area contributed by atoms with Crippen LogP contribution in [0.25, 0.3) is 0 Å². The van der Waals surface area contributed by atoms with Gasteiger partial charge < -0.3 is 9.15 Å². The minimum atomic E-state index is -0.472. The molecule has 0 saturated heterocycles. The number of esters is 1. The van der Waals surface area contributed by atoms with E-state index in [1.54, 1.807) is 0 Å². The summed E-state index contributed by atoms with van der Waals surface area (Å²) in [5, 5.41) is 0. The third-order valence-electron chi connectivity index (χ3n) is 3.26. The van der Waals surface area contributed by atoms with Gasteiger partial charge in [-0.05, 0) is 24.3 Å². The fourth-order valence-electron chi connectivity index (χ4n) is 1.93. The molecule has 1 heterocycles. The normalized spacial score (nSPS) is 12.4. The molecule has 0 spiro atoms. The second-order valence-electron chi connectivity index (χ2n) is 5.70. The predicted octanol–water partition coefficient (Wildman–Crippen LogP) is 3.65. The van der Waals surface area contributed by atoms with E-state index in [4.69, 9.17) is 4.74 Å². The molecule has 0 bridgehead atoms. The second kappa shape index (κ2) is 8.56. The lowest BCUT2D eigenvalue weighted by Crippen LogP contribution is -2.10. The summed E-state index contributed by atoms with van der Waals surface area (Å²) in [7, 11) is 0. The van der Waals surface area contributed by atoms with Gasteiger partial charge in [0.1, 0.15) is 6.26 Å². The maximum absolute atomic E-state index is 11.7. The van der Waals surface area contributed by atoms with E-state index in [1.165, 1.54) is 25.0 Å². The van der Waals surface area contributed by atoms with Gasteiger partial charge in [0.2, 0.25) is 0 Å². The van der Waals surface area contributed by atoms with Crippen molar-refractivity contribution < 1.29 is 13.9 Å². The van der Waals surface area contributed by atoms with Gasteiger partial charge in [-0.2, -0.15) is 0 Å². The quantitative estimate of drug-likeness (QED) is 0.682. The van der Waals surface area contributed by atoms with Crippen LogP contribution in [0.4, 0.5) is 0 Å². The molecule has 1 rings (SSSR count). The Morgan fingerprint density at radius 1 is 1.20 bits per heavy atom. The van der Waals surface area contributed by atoms with Gasteiger partial charge in [-0.15, -0.1) is 0 Å². The van der Waals surface area contributed by atoms with Crippen LogP contribution in [0.15, 0.2) is 27.6 Å². The lowest BCUT2D eigenvalue weighted by atomic mass is 9.98. The number of carbonyl (C=O) groups is 1. The lowest BCUT2D eigenvalue weighted by molar-refractivity contribution is 0.0480. The molecule has 0 fully saturated rings. The zero-order valence-corrected chi connectivity index (χ0v) is 12.6. The first-order chi connectivity index (χ1) is 9.49. The Hall–Kier alpha value is -1.58. The molecule has 1 atom stereocenters. The largest absolute Gasteiger partial charge is 0.462 e. The molecule has 0 aliphatic heterocycles. The van der Waals surface area contributed by atoms with E-state index in [2.05, 4.69) is 25.2 Å². The highest BCUT2D eigenvalue weighted by Crippen LogP contribution is 2.15. The maximum atomic E-state index is 11.7. The van der Waals surface area contributed by atoms with Crippen molar-refractivity contribution in [3.63, 3.8) is 0 Å². The summed E-state index contributed by atoms with van der Waals surface area (Å²) in [5.74, 6) is 0.853. The van der Waals surface area contributed by atoms with Gasteiger partial charge >= 0.3 is 11.6 Å². The van der Waals surface area contributed by atoms with Crippen molar-refractivity contribution in [3.05, 3.63) is 34.4 Å². The van der Waals surface area contributed by atoms with Crippen molar-refractivity contribution in [2.45, 2.75) is 46.5 Å². The van der Waals surface area contributed by atoms with Crippen LogP contribution in [-0.4, -0.2) is 12.6 Å². The minimum Gasteiger partial charge on any atom is -0.462 e. The van der Waals surface area contributed by atoms with E-state index in [9.17, 15) is 9.59 Å². The molecular formula is C16H24O4. The van der Waals surface area contributed by atoms with Crippen LogP contribution in [0, 0.1) is 11.8 Å². The molecule has 0 aliphatic carbocycles. The molecule has 1 aromatic heterocycles. The van der Waals surface area contributed by atoms with Crippen molar-refractivity contribution in [1.82, 2.24) is 0 Å². The van der Waals surface area contributed by atoms with E-state index < -0.39 is 11.6 Å². The summed E-state index contributed by atoms with van der Waals surface area (Å²) in [6, 6.07) is 2.63. The van der Waals surface area contributed by atoms with Gasteiger partial charge in [0.15, 0.2) is 0 Å². The van der Waals surface area contributed by atoms with Gasteiger partial charge in [0.05, 0.1) is 12.2 Å². The first-order valence-electron chi connectivity index (χ1n) is 7.25. The molecule has 1 unspecified atom stereocenters. The van der Waals surface area contributed by atoms with Gasteiger partial charge in [-0.3, -0.25) is 0 Å². The van der Waals surface area contributed by atoms with Crippen LogP contribution < -0.4 is 5.63 Å². The Bertz CT molecular complexity index is 441. The SMILES string of the molecule is CC(C)CCCC(C)CCOC(=O)c1ccc(=O)oc1. The summed E-state index contributed by atoms with van der Waals surface area (Å²) < 4.78 is 9.79. The van der Waals surface area contributed by atoms with Crippen LogP contribution in [-0.2, 0) is 4.74 Å². The van der Waals surface area contributed by atoms with Crippen molar-refractivity contribution in [2.75, 3.05) is 6.61 Å². The predicted molar refractivity (Wildman–Crippen MR) is 77.7 cm³/mol. The van der Waals surface area contributed by atoms with E-state index in [0.717, 1.165) is 25.0 Å². The number of rotatable bonds is 8. The van der Waals surface area contributed by atoms with Crippen molar-refractivity contribution in [3.8, 4) is 0 Å². The number of carbonyl (C=O) groups excluding carboxylic acids is 1. The van der Waals surface area contributed by atoms with Crippen molar-refractivity contribution in [2.24, 2.45) is 11.8 Å². The Labute approximate surface area is 120 Å². The smallest absolute Gasteiger partial charge is 0.341 e. The number of hydrogen-bond acceptors (Lipinski definition) is 4. The summed E-state index contributed by atoms with van der Waals surface area (Å²) in [6.45, 7) is 7.03. The van der Waals surface area contributed by atoms with Gasteiger partial charge in [0, 0.05) is 6.07 Å². The summed E-state index contributed by atoms with van der Waals surface area (Å²) >= 11 is 0. The molecule has 0 aliphatic rings. The second-order valence-corrected chi connectivity index (χ2v) is 5.70. The number of hydrogen-bond donors (Lipinski definition) is 0. The zero-order valence-electron chi connectivity index (χ0n) is 12.6. The Kier molecular flexibility index (Phi) is 7.05. The van der Waals surface area contributed by atoms with E-state index in [-0.39, 0.29) is 5.56 Å². The molecular weight excluding hydrogens is 256 g/mol. The average molecular weight is 280 g/mol.